The molecule has 2 rings (SSSR count). The number of nitrogens with zero attached hydrogens (tertiary/aromatic N) is 1. The van der Waals surface area contributed by atoms with Gasteiger partial charge in [0.2, 0.25) is 0 Å². The molecule has 0 aromatic heterocycles. The van der Waals surface area contributed by atoms with E-state index in [0.29, 0.717) is 24.4 Å². The van der Waals surface area contributed by atoms with Crippen molar-refractivity contribution in [1.29, 1.82) is 0 Å². The van der Waals surface area contributed by atoms with Crippen molar-refractivity contribution in [2.75, 3.05) is 32.7 Å². The highest BCUT2D eigenvalue weighted by Gasteiger charge is 2.12. The van der Waals surface area contributed by atoms with Crippen LogP contribution in [0.5, 0.6) is 11.5 Å². The van der Waals surface area contributed by atoms with Crippen LogP contribution in [-0.4, -0.2) is 39.4 Å². The summed E-state index contributed by atoms with van der Waals surface area (Å²) in [6.45, 7) is 1.57. The van der Waals surface area contributed by atoms with E-state index in [4.69, 9.17) is 19.9 Å². The average molecular weight is 364 g/mol. The number of hydrogen-bond acceptors (Lipinski definition) is 4. The van der Waals surface area contributed by atoms with Gasteiger partial charge in [0.25, 0.3) is 0 Å². The van der Waals surface area contributed by atoms with Gasteiger partial charge in [-0.2, -0.15) is 0 Å². The van der Waals surface area contributed by atoms with Gasteiger partial charge in [0, 0.05) is 19.2 Å². The van der Waals surface area contributed by atoms with Gasteiger partial charge in [-0.05, 0) is 44.2 Å². The molecular weight excluding hydrogens is 330 g/mol. The van der Waals surface area contributed by atoms with E-state index in [9.17, 15) is 0 Å². The molecule has 3 N–H and O–H groups in total. The molecule has 1 fully saturated rings. The van der Waals surface area contributed by atoms with Gasteiger partial charge in [-0.15, -0.1) is 0 Å². The number of methoxy groups -OCH3 is 2. The Balaban J connectivity index is 1.63. The second-order valence-electron chi connectivity index (χ2n) is 6.65. The van der Waals surface area contributed by atoms with Crippen LogP contribution in [-0.2, 0) is 4.74 Å². The third-order valence-corrected chi connectivity index (χ3v) is 4.66. The Morgan fingerprint density at radius 2 is 1.92 bits per heavy atom. The highest BCUT2D eigenvalue weighted by molar-refractivity contribution is 5.93. The van der Waals surface area contributed by atoms with E-state index in [-0.39, 0.29) is 0 Å². The van der Waals surface area contributed by atoms with E-state index in [0.717, 1.165) is 37.3 Å². The minimum Gasteiger partial charge on any atom is -0.497 e. The first-order chi connectivity index (χ1) is 12.7. The van der Waals surface area contributed by atoms with Gasteiger partial charge in [-0.25, -0.2) is 0 Å². The maximum atomic E-state index is 5.98. The van der Waals surface area contributed by atoms with Crippen LogP contribution < -0.4 is 20.5 Å². The fourth-order valence-corrected chi connectivity index (χ4v) is 3.16. The van der Waals surface area contributed by atoms with E-state index in [2.05, 4.69) is 10.3 Å². The number of nitrogens with one attached hydrogen (secondary N) is 1. The molecule has 1 aromatic rings. The number of hydrogen-bond donors (Lipinski definition) is 2. The zero-order valence-corrected chi connectivity index (χ0v) is 16.1. The molecule has 0 atom stereocenters. The molecule has 0 heterocycles. The second kappa shape index (κ2) is 11.6. The predicted octanol–water partition coefficient (Wildman–Crippen LogP) is 3.95. The van der Waals surface area contributed by atoms with Crippen molar-refractivity contribution >= 4 is 11.6 Å². The summed E-state index contributed by atoms with van der Waals surface area (Å²) in [7, 11) is 3.25. The zero-order valence-electron chi connectivity index (χ0n) is 16.1. The number of aliphatic imine (C=N–C) groups is 1. The van der Waals surface area contributed by atoms with Crippen LogP contribution in [0.25, 0.3) is 0 Å². The van der Waals surface area contributed by atoms with E-state index in [1.807, 2.05) is 18.2 Å². The molecule has 0 unspecified atom stereocenters. The minimum absolute atomic E-state index is 0.384. The summed E-state index contributed by atoms with van der Waals surface area (Å²) in [5.74, 6) is 1.82. The van der Waals surface area contributed by atoms with E-state index in [1.165, 1.54) is 32.1 Å². The van der Waals surface area contributed by atoms with Crippen molar-refractivity contribution in [2.45, 2.75) is 57.5 Å². The number of nitrogens with two attached hydrogens (primary N) is 1. The third kappa shape index (κ3) is 7.12. The lowest BCUT2D eigenvalue weighted by Crippen LogP contribution is -2.23. The van der Waals surface area contributed by atoms with E-state index >= 15 is 0 Å². The largest absolute Gasteiger partial charge is 0.497 e. The maximum absolute atomic E-state index is 5.98. The van der Waals surface area contributed by atoms with Gasteiger partial charge in [0.05, 0.1) is 26.0 Å². The number of guanidine groups is 1. The summed E-state index contributed by atoms with van der Waals surface area (Å²) in [6, 6.07) is 5.51. The van der Waals surface area contributed by atoms with Crippen LogP contribution in [0.3, 0.4) is 0 Å². The Morgan fingerprint density at radius 3 is 2.65 bits per heavy atom. The fraction of sp³-hybridized carbons (Fsp3) is 0.650. The highest BCUT2D eigenvalue weighted by Crippen LogP contribution is 2.28. The van der Waals surface area contributed by atoms with Crippen molar-refractivity contribution in [3.8, 4) is 11.5 Å². The normalized spacial score (nSPS) is 15.7. The van der Waals surface area contributed by atoms with Gasteiger partial charge >= 0.3 is 0 Å². The molecule has 0 amide bonds. The zero-order chi connectivity index (χ0) is 18.6. The summed E-state index contributed by atoms with van der Waals surface area (Å²) in [5, 5.41) is 3.08. The Morgan fingerprint density at radius 1 is 1.12 bits per heavy atom. The maximum Gasteiger partial charge on any atom is 0.193 e. The molecule has 0 radical (unpaired) electrons. The second-order valence-corrected chi connectivity index (χ2v) is 6.65. The lowest BCUT2D eigenvalue weighted by atomic mass is 9.98. The van der Waals surface area contributed by atoms with Crippen molar-refractivity contribution in [1.82, 2.24) is 0 Å². The van der Waals surface area contributed by atoms with Gasteiger partial charge < -0.3 is 25.3 Å². The van der Waals surface area contributed by atoms with Crippen molar-refractivity contribution in [2.24, 2.45) is 10.7 Å². The average Bonchev–Trinajstić information content (AvgIpc) is 2.68. The highest BCUT2D eigenvalue weighted by atomic mass is 16.5. The molecule has 0 bridgehead atoms. The minimum atomic E-state index is 0.384. The predicted molar refractivity (Wildman–Crippen MR) is 106 cm³/mol. The number of unbranched alkanes of at least 4 members (excludes halogenated alkanes) is 2. The summed E-state index contributed by atoms with van der Waals surface area (Å²) >= 11 is 0. The first-order valence-corrected chi connectivity index (χ1v) is 9.63. The van der Waals surface area contributed by atoms with Crippen molar-refractivity contribution in [3.05, 3.63) is 18.2 Å². The van der Waals surface area contributed by atoms with Crippen molar-refractivity contribution < 1.29 is 14.2 Å². The Bertz CT molecular complexity index is 557. The standard InChI is InChI=1S/C20H33N3O3/c1-24-17-11-12-19(25-2)18(15-17)23-20(21)22-13-7-4-8-14-26-16-9-5-3-6-10-16/h11-12,15-16H,3-10,13-14H2,1-2H3,(H3,21,22,23). The number of ether oxygens (including phenoxy) is 3. The number of benzene rings is 1. The first kappa shape index (κ1) is 20.4. The summed E-state index contributed by atoms with van der Waals surface area (Å²) in [4.78, 5) is 4.38. The van der Waals surface area contributed by atoms with Gasteiger partial charge in [-0.1, -0.05) is 19.3 Å². The Labute approximate surface area is 157 Å². The molecule has 0 spiro atoms. The summed E-state index contributed by atoms with van der Waals surface area (Å²) in [6.07, 6.45) is 10.2. The number of anilines is 1. The molecular formula is C20H33N3O3. The van der Waals surface area contributed by atoms with Gasteiger partial charge in [0.1, 0.15) is 11.5 Å². The molecule has 26 heavy (non-hydrogen) atoms. The lowest BCUT2D eigenvalue weighted by molar-refractivity contribution is 0.0264. The van der Waals surface area contributed by atoms with Crippen LogP contribution in [0, 0.1) is 0 Å². The molecule has 6 heteroatoms. The molecule has 1 aromatic carbocycles. The van der Waals surface area contributed by atoms with Crippen LogP contribution in [0.1, 0.15) is 51.4 Å². The first-order valence-electron chi connectivity index (χ1n) is 9.63. The molecule has 0 aliphatic heterocycles. The molecule has 146 valence electrons. The summed E-state index contributed by atoms with van der Waals surface area (Å²) in [5.41, 5.74) is 6.72. The molecule has 1 saturated carbocycles. The van der Waals surface area contributed by atoms with Crippen LogP contribution in [0.2, 0.25) is 0 Å². The van der Waals surface area contributed by atoms with Gasteiger partial charge in [0.15, 0.2) is 5.96 Å². The SMILES string of the molecule is COc1ccc(OC)c(NC(N)=NCCCCCOC2CCCCC2)c1. The van der Waals surface area contributed by atoms with E-state index in [1.54, 1.807) is 14.2 Å². The van der Waals surface area contributed by atoms with Crippen LogP contribution in [0.15, 0.2) is 23.2 Å². The topological polar surface area (TPSA) is 78.1 Å². The smallest absolute Gasteiger partial charge is 0.193 e. The Hall–Kier alpha value is -1.95. The molecule has 0 saturated heterocycles. The number of rotatable bonds is 10. The quantitative estimate of drug-likeness (QED) is 0.374. The monoisotopic (exact) mass is 363 g/mol. The van der Waals surface area contributed by atoms with E-state index < -0.39 is 0 Å². The summed E-state index contributed by atoms with van der Waals surface area (Å²) < 4.78 is 16.5. The Kier molecular flexibility index (Phi) is 9.10. The third-order valence-electron chi connectivity index (χ3n) is 4.66. The van der Waals surface area contributed by atoms with Gasteiger partial charge in [-0.3, -0.25) is 4.99 Å². The van der Waals surface area contributed by atoms with Crippen molar-refractivity contribution in [3.63, 3.8) is 0 Å². The van der Waals surface area contributed by atoms with Crippen LogP contribution >= 0.6 is 0 Å². The lowest BCUT2D eigenvalue weighted by Gasteiger charge is -2.21. The molecule has 1 aliphatic rings. The molecule has 1 aliphatic carbocycles. The van der Waals surface area contributed by atoms with Crippen LogP contribution in [0.4, 0.5) is 5.69 Å². The fourth-order valence-electron chi connectivity index (χ4n) is 3.16. The molecule has 6 nitrogen and oxygen atoms in total.